The second-order valence-electron chi connectivity index (χ2n) is 5.06. The molecule has 0 aliphatic carbocycles. The van der Waals surface area contributed by atoms with Gasteiger partial charge in [-0.15, -0.1) is 11.3 Å². The van der Waals surface area contributed by atoms with Crippen LogP contribution in [0.2, 0.25) is 0 Å². The van der Waals surface area contributed by atoms with Gasteiger partial charge in [0.25, 0.3) is 0 Å². The van der Waals surface area contributed by atoms with Crippen molar-refractivity contribution in [1.82, 2.24) is 9.88 Å². The Hall–Kier alpha value is -1.14. The first-order valence-corrected chi connectivity index (χ1v) is 7.58. The number of aromatic nitrogens is 1. The largest absolute Gasteiger partial charge is 0.476 e. The number of aromatic carboxylic acids is 1. The Morgan fingerprint density at radius 3 is 2.74 bits per heavy atom. The SMILES string of the molecule is Cc1sc(NCC(C)N2CCCCC2)nc1C(=O)O. The summed E-state index contributed by atoms with van der Waals surface area (Å²) in [6.07, 6.45) is 3.90. The average molecular weight is 283 g/mol. The molecule has 19 heavy (non-hydrogen) atoms. The summed E-state index contributed by atoms with van der Waals surface area (Å²) in [5.41, 5.74) is 0.165. The summed E-state index contributed by atoms with van der Waals surface area (Å²) in [4.78, 5) is 18.3. The van der Waals surface area contributed by atoms with Crippen LogP contribution in [-0.2, 0) is 0 Å². The van der Waals surface area contributed by atoms with Crippen LogP contribution in [0.4, 0.5) is 5.13 Å². The third kappa shape index (κ3) is 3.67. The number of aryl methyl sites for hydroxylation is 1. The zero-order valence-electron chi connectivity index (χ0n) is 11.5. The summed E-state index contributed by atoms with van der Waals surface area (Å²) in [5.74, 6) is -0.953. The first-order valence-electron chi connectivity index (χ1n) is 6.76. The highest BCUT2D eigenvalue weighted by atomic mass is 32.1. The van der Waals surface area contributed by atoms with Gasteiger partial charge in [0, 0.05) is 17.5 Å². The van der Waals surface area contributed by atoms with E-state index in [-0.39, 0.29) is 5.69 Å². The van der Waals surface area contributed by atoms with Crippen molar-refractivity contribution in [2.24, 2.45) is 0 Å². The van der Waals surface area contributed by atoms with Crippen molar-refractivity contribution >= 4 is 22.4 Å². The monoisotopic (exact) mass is 283 g/mol. The van der Waals surface area contributed by atoms with Gasteiger partial charge in [-0.05, 0) is 39.8 Å². The van der Waals surface area contributed by atoms with E-state index in [1.807, 2.05) is 0 Å². The highest BCUT2D eigenvalue weighted by molar-refractivity contribution is 7.15. The molecule has 5 nitrogen and oxygen atoms in total. The normalized spacial score (nSPS) is 18.2. The van der Waals surface area contributed by atoms with Crippen molar-refractivity contribution in [3.05, 3.63) is 10.6 Å². The lowest BCUT2D eigenvalue weighted by atomic mass is 10.1. The molecule has 1 atom stereocenters. The lowest BCUT2D eigenvalue weighted by Crippen LogP contribution is -2.41. The Balaban J connectivity index is 1.87. The number of carboxylic acids is 1. The molecule has 1 aliphatic rings. The average Bonchev–Trinajstić information content (AvgIpc) is 2.78. The molecule has 2 rings (SSSR count). The summed E-state index contributed by atoms with van der Waals surface area (Å²) in [6.45, 7) is 7.14. The van der Waals surface area contributed by atoms with E-state index in [4.69, 9.17) is 5.11 Å². The quantitative estimate of drug-likeness (QED) is 0.869. The van der Waals surface area contributed by atoms with Crippen LogP contribution in [-0.4, -0.2) is 46.6 Å². The molecule has 1 aromatic heterocycles. The topological polar surface area (TPSA) is 65.5 Å². The molecule has 1 aliphatic heterocycles. The van der Waals surface area contributed by atoms with Gasteiger partial charge in [0.05, 0.1) is 0 Å². The fourth-order valence-corrected chi connectivity index (χ4v) is 3.21. The number of anilines is 1. The number of hydrogen-bond donors (Lipinski definition) is 2. The maximum Gasteiger partial charge on any atom is 0.355 e. The Morgan fingerprint density at radius 2 is 2.16 bits per heavy atom. The molecule has 0 aromatic carbocycles. The van der Waals surface area contributed by atoms with Crippen LogP contribution >= 0.6 is 11.3 Å². The van der Waals surface area contributed by atoms with Crippen molar-refractivity contribution in [3.8, 4) is 0 Å². The van der Waals surface area contributed by atoms with Gasteiger partial charge in [-0.2, -0.15) is 0 Å². The molecule has 1 unspecified atom stereocenters. The zero-order chi connectivity index (χ0) is 13.8. The number of carboxylic acid groups (broad SMARTS) is 1. The van der Waals surface area contributed by atoms with Gasteiger partial charge in [0.1, 0.15) is 0 Å². The van der Waals surface area contributed by atoms with Crippen molar-refractivity contribution in [2.45, 2.75) is 39.2 Å². The molecule has 6 heteroatoms. The first kappa shape index (κ1) is 14.3. The second kappa shape index (κ2) is 6.34. The molecular weight excluding hydrogens is 262 g/mol. The summed E-state index contributed by atoms with van der Waals surface area (Å²) in [5, 5.41) is 12.9. The maximum atomic E-state index is 10.9. The van der Waals surface area contributed by atoms with Gasteiger partial charge in [0.15, 0.2) is 10.8 Å². The molecule has 2 N–H and O–H groups in total. The van der Waals surface area contributed by atoms with E-state index in [1.165, 1.54) is 43.7 Å². The van der Waals surface area contributed by atoms with E-state index in [9.17, 15) is 4.79 Å². The number of rotatable bonds is 5. The summed E-state index contributed by atoms with van der Waals surface area (Å²) in [7, 11) is 0. The number of piperidine rings is 1. The standard InChI is InChI=1S/C13H21N3O2S/c1-9(16-6-4-3-5-7-16)8-14-13-15-11(12(17)18)10(2)19-13/h9H,3-8H2,1-2H3,(H,14,15)(H,17,18). The lowest BCUT2D eigenvalue weighted by Gasteiger charge is -2.32. The minimum atomic E-state index is -0.953. The fraction of sp³-hybridized carbons (Fsp3) is 0.692. The summed E-state index contributed by atoms with van der Waals surface area (Å²) >= 11 is 1.41. The molecule has 106 valence electrons. The van der Waals surface area contributed by atoms with E-state index in [1.54, 1.807) is 6.92 Å². The molecule has 2 heterocycles. The smallest absolute Gasteiger partial charge is 0.355 e. The number of carbonyl (C=O) groups is 1. The second-order valence-corrected chi connectivity index (χ2v) is 6.26. The molecule has 0 bridgehead atoms. The Labute approximate surface area is 117 Å². The molecule has 1 aromatic rings. The van der Waals surface area contributed by atoms with Crippen LogP contribution in [0.5, 0.6) is 0 Å². The Morgan fingerprint density at radius 1 is 1.47 bits per heavy atom. The Bertz CT molecular complexity index is 441. The van der Waals surface area contributed by atoms with Crippen molar-refractivity contribution in [3.63, 3.8) is 0 Å². The predicted molar refractivity (Wildman–Crippen MR) is 77.2 cm³/mol. The third-order valence-electron chi connectivity index (χ3n) is 3.56. The van der Waals surface area contributed by atoms with Gasteiger partial charge < -0.3 is 10.4 Å². The fourth-order valence-electron chi connectivity index (χ4n) is 2.39. The highest BCUT2D eigenvalue weighted by Crippen LogP contribution is 2.22. The zero-order valence-corrected chi connectivity index (χ0v) is 12.3. The van der Waals surface area contributed by atoms with E-state index in [0.717, 1.165) is 11.4 Å². The van der Waals surface area contributed by atoms with Crippen LogP contribution in [0.1, 0.15) is 41.6 Å². The van der Waals surface area contributed by atoms with Crippen LogP contribution in [0.3, 0.4) is 0 Å². The van der Waals surface area contributed by atoms with E-state index in [0.29, 0.717) is 11.2 Å². The van der Waals surface area contributed by atoms with E-state index >= 15 is 0 Å². The molecule has 0 spiro atoms. The van der Waals surface area contributed by atoms with E-state index in [2.05, 4.69) is 22.1 Å². The summed E-state index contributed by atoms with van der Waals surface area (Å²) < 4.78 is 0. The number of nitrogens with one attached hydrogen (secondary N) is 1. The van der Waals surface area contributed by atoms with Gasteiger partial charge in [0.2, 0.25) is 0 Å². The molecule has 0 radical (unpaired) electrons. The number of thiazole rings is 1. The third-order valence-corrected chi connectivity index (χ3v) is 4.49. The van der Waals surface area contributed by atoms with Gasteiger partial charge in [-0.1, -0.05) is 6.42 Å². The molecule has 0 amide bonds. The van der Waals surface area contributed by atoms with Gasteiger partial charge in [-0.3, -0.25) is 4.90 Å². The molecular formula is C13H21N3O2S. The van der Waals surface area contributed by atoms with Crippen LogP contribution in [0.15, 0.2) is 0 Å². The molecule has 1 fully saturated rings. The Kier molecular flexibility index (Phi) is 4.76. The summed E-state index contributed by atoms with van der Waals surface area (Å²) in [6, 6.07) is 0.456. The van der Waals surface area contributed by atoms with Crippen LogP contribution < -0.4 is 5.32 Å². The van der Waals surface area contributed by atoms with Gasteiger partial charge >= 0.3 is 5.97 Å². The number of nitrogens with zero attached hydrogens (tertiary/aromatic N) is 2. The highest BCUT2D eigenvalue weighted by Gasteiger charge is 2.18. The van der Waals surface area contributed by atoms with Crippen LogP contribution in [0, 0.1) is 6.92 Å². The first-order chi connectivity index (χ1) is 9.08. The van der Waals surface area contributed by atoms with Crippen molar-refractivity contribution < 1.29 is 9.90 Å². The van der Waals surface area contributed by atoms with Crippen molar-refractivity contribution in [2.75, 3.05) is 25.0 Å². The molecule has 0 saturated carbocycles. The minimum Gasteiger partial charge on any atom is -0.476 e. The number of likely N-dealkylation sites (tertiary alicyclic amines) is 1. The predicted octanol–water partition coefficient (Wildman–Crippen LogP) is 2.44. The van der Waals surface area contributed by atoms with E-state index < -0.39 is 5.97 Å². The van der Waals surface area contributed by atoms with Crippen molar-refractivity contribution in [1.29, 1.82) is 0 Å². The van der Waals surface area contributed by atoms with Gasteiger partial charge in [-0.25, -0.2) is 9.78 Å². The maximum absolute atomic E-state index is 10.9. The minimum absolute atomic E-state index is 0.165. The lowest BCUT2D eigenvalue weighted by molar-refractivity contribution is 0.0690. The van der Waals surface area contributed by atoms with Crippen LogP contribution in [0.25, 0.3) is 0 Å². The molecule has 1 saturated heterocycles. The number of hydrogen-bond acceptors (Lipinski definition) is 5.